The Morgan fingerprint density at radius 1 is 1.27 bits per heavy atom. The molecule has 0 bridgehead atoms. The molecule has 0 aliphatic carbocycles. The molecule has 0 aromatic heterocycles. The largest absolute Gasteiger partial charge is 0.435 e. The zero-order valence-corrected chi connectivity index (χ0v) is 8.20. The lowest BCUT2D eigenvalue weighted by Crippen LogP contribution is -2.01. The van der Waals surface area contributed by atoms with Crippen molar-refractivity contribution in [3.63, 3.8) is 0 Å². The number of ether oxygens (including phenoxy) is 1. The molecule has 0 spiro atoms. The molecule has 0 saturated carbocycles. The Morgan fingerprint density at radius 3 is 2.47 bits per heavy atom. The normalized spacial score (nSPS) is 11.2. The fourth-order valence-corrected chi connectivity index (χ4v) is 1.08. The molecule has 0 atom stereocenters. The number of halogens is 2. The number of benzene rings is 1. The maximum Gasteiger partial charge on any atom is 0.387 e. The summed E-state index contributed by atoms with van der Waals surface area (Å²) in [6, 6.07) is 6.44. The van der Waals surface area contributed by atoms with Crippen LogP contribution in [-0.4, -0.2) is 13.2 Å². The summed E-state index contributed by atoms with van der Waals surface area (Å²) in [4.78, 5) is 0. The van der Waals surface area contributed by atoms with Crippen LogP contribution >= 0.6 is 0 Å². The van der Waals surface area contributed by atoms with E-state index < -0.39 is 6.61 Å². The van der Waals surface area contributed by atoms with Gasteiger partial charge in [-0.1, -0.05) is 24.3 Å². The minimum absolute atomic E-state index is 0.168. The molecule has 0 fully saturated rings. The van der Waals surface area contributed by atoms with Gasteiger partial charge in [0.15, 0.2) is 0 Å². The zero-order valence-electron chi connectivity index (χ0n) is 8.20. The van der Waals surface area contributed by atoms with Crippen LogP contribution in [0.1, 0.15) is 12.0 Å². The van der Waals surface area contributed by atoms with Gasteiger partial charge in [0.25, 0.3) is 0 Å². The van der Waals surface area contributed by atoms with Crippen LogP contribution in [0.2, 0.25) is 0 Å². The number of hydrogen-bond acceptors (Lipinski definition) is 2. The summed E-state index contributed by atoms with van der Waals surface area (Å²) in [6.45, 7) is -2.17. The Hall–Kier alpha value is -1.42. The summed E-state index contributed by atoms with van der Waals surface area (Å²) in [6.07, 6.45) is 4.62. The van der Waals surface area contributed by atoms with Crippen molar-refractivity contribution in [2.45, 2.75) is 13.0 Å². The Labute approximate surface area is 87.4 Å². The lowest BCUT2D eigenvalue weighted by molar-refractivity contribution is -0.0498. The highest BCUT2D eigenvalue weighted by Crippen LogP contribution is 2.15. The fraction of sp³-hybridized carbons (Fsp3) is 0.273. The van der Waals surface area contributed by atoms with Crippen molar-refractivity contribution in [2.24, 2.45) is 5.73 Å². The number of hydrogen-bond donors (Lipinski definition) is 1. The van der Waals surface area contributed by atoms with E-state index in [0.717, 1.165) is 12.0 Å². The molecular weight excluding hydrogens is 200 g/mol. The van der Waals surface area contributed by atoms with Crippen LogP contribution in [0.15, 0.2) is 30.3 Å². The second-order valence-corrected chi connectivity index (χ2v) is 2.93. The van der Waals surface area contributed by atoms with Crippen LogP contribution in [0.3, 0.4) is 0 Å². The van der Waals surface area contributed by atoms with Crippen molar-refractivity contribution < 1.29 is 13.5 Å². The van der Waals surface area contributed by atoms with Gasteiger partial charge in [-0.3, -0.25) is 0 Å². The topological polar surface area (TPSA) is 35.2 Å². The Bertz CT molecular complexity index is 309. The molecule has 0 saturated heterocycles. The average molecular weight is 213 g/mol. The van der Waals surface area contributed by atoms with Gasteiger partial charge in [-0.05, 0) is 30.7 Å². The monoisotopic (exact) mass is 213 g/mol. The molecule has 1 rings (SSSR count). The SMILES string of the molecule is NCCC=Cc1ccc(OC(F)F)cc1. The molecule has 4 heteroatoms. The Kier molecular flexibility index (Phi) is 4.77. The van der Waals surface area contributed by atoms with E-state index in [1.165, 1.54) is 12.1 Å². The first-order valence-electron chi connectivity index (χ1n) is 4.64. The predicted molar refractivity (Wildman–Crippen MR) is 55.8 cm³/mol. The van der Waals surface area contributed by atoms with E-state index in [9.17, 15) is 8.78 Å². The van der Waals surface area contributed by atoms with Crippen molar-refractivity contribution in [3.05, 3.63) is 35.9 Å². The molecule has 82 valence electrons. The molecule has 0 aliphatic rings. The maximum atomic E-state index is 11.8. The second-order valence-electron chi connectivity index (χ2n) is 2.93. The van der Waals surface area contributed by atoms with Crippen LogP contribution < -0.4 is 10.5 Å². The molecule has 0 aliphatic heterocycles. The van der Waals surface area contributed by atoms with E-state index in [-0.39, 0.29) is 5.75 Å². The lowest BCUT2D eigenvalue weighted by atomic mass is 10.2. The van der Waals surface area contributed by atoms with Crippen LogP contribution in [0, 0.1) is 0 Å². The molecule has 1 aromatic rings. The standard InChI is InChI=1S/C11H13F2NO/c12-11(13)15-10-6-4-9(5-7-10)3-1-2-8-14/h1,3-7,11H,2,8,14H2. The van der Waals surface area contributed by atoms with E-state index in [1.54, 1.807) is 12.1 Å². The minimum atomic E-state index is -2.77. The lowest BCUT2D eigenvalue weighted by Gasteiger charge is -2.03. The third-order valence-electron chi connectivity index (χ3n) is 1.75. The molecule has 0 amide bonds. The third-order valence-corrected chi connectivity index (χ3v) is 1.75. The van der Waals surface area contributed by atoms with Gasteiger partial charge in [-0.15, -0.1) is 0 Å². The average Bonchev–Trinajstić information content (AvgIpc) is 2.20. The van der Waals surface area contributed by atoms with Crippen molar-refractivity contribution in [2.75, 3.05) is 6.54 Å². The zero-order chi connectivity index (χ0) is 11.1. The Balaban J connectivity index is 2.56. The summed E-state index contributed by atoms with van der Waals surface area (Å²) in [7, 11) is 0. The van der Waals surface area contributed by atoms with Gasteiger partial charge in [0, 0.05) is 0 Å². The summed E-state index contributed by atoms with van der Waals surface area (Å²) in [5.41, 5.74) is 6.25. The van der Waals surface area contributed by atoms with Gasteiger partial charge < -0.3 is 10.5 Å². The second kappa shape index (κ2) is 6.14. The van der Waals surface area contributed by atoms with E-state index >= 15 is 0 Å². The highest BCUT2D eigenvalue weighted by molar-refractivity contribution is 5.50. The molecule has 0 radical (unpaired) electrons. The fourth-order valence-electron chi connectivity index (χ4n) is 1.08. The van der Waals surface area contributed by atoms with Gasteiger partial charge in [0.05, 0.1) is 0 Å². The quantitative estimate of drug-likeness (QED) is 0.816. The Morgan fingerprint density at radius 2 is 1.93 bits per heavy atom. The van der Waals surface area contributed by atoms with Crippen molar-refractivity contribution >= 4 is 6.08 Å². The smallest absolute Gasteiger partial charge is 0.387 e. The van der Waals surface area contributed by atoms with Gasteiger partial charge in [0.2, 0.25) is 0 Å². The first-order valence-corrected chi connectivity index (χ1v) is 4.64. The van der Waals surface area contributed by atoms with Crippen LogP contribution in [-0.2, 0) is 0 Å². The number of rotatable bonds is 5. The summed E-state index contributed by atoms with van der Waals surface area (Å²) in [5, 5.41) is 0. The first-order chi connectivity index (χ1) is 7.22. The van der Waals surface area contributed by atoms with Gasteiger partial charge >= 0.3 is 6.61 Å². The molecule has 0 heterocycles. The molecule has 2 nitrogen and oxygen atoms in total. The van der Waals surface area contributed by atoms with Crippen molar-refractivity contribution in [1.29, 1.82) is 0 Å². The number of nitrogens with two attached hydrogens (primary N) is 1. The molecule has 0 unspecified atom stereocenters. The highest BCUT2D eigenvalue weighted by Gasteiger charge is 2.02. The predicted octanol–water partition coefficient (Wildman–Crippen LogP) is 2.65. The van der Waals surface area contributed by atoms with E-state index in [4.69, 9.17) is 5.73 Å². The molecule has 1 aromatic carbocycles. The summed E-state index contributed by atoms with van der Waals surface area (Å²) in [5.74, 6) is 0.168. The van der Waals surface area contributed by atoms with Gasteiger partial charge in [-0.2, -0.15) is 8.78 Å². The number of alkyl halides is 2. The summed E-state index contributed by atoms with van der Waals surface area (Å²) >= 11 is 0. The maximum absolute atomic E-state index is 11.8. The minimum Gasteiger partial charge on any atom is -0.435 e. The van der Waals surface area contributed by atoms with Crippen molar-refractivity contribution in [3.8, 4) is 5.75 Å². The first kappa shape index (κ1) is 11.7. The van der Waals surface area contributed by atoms with Gasteiger partial charge in [0.1, 0.15) is 5.75 Å². The van der Waals surface area contributed by atoms with Crippen LogP contribution in [0.5, 0.6) is 5.75 Å². The third kappa shape index (κ3) is 4.56. The van der Waals surface area contributed by atoms with Crippen molar-refractivity contribution in [1.82, 2.24) is 0 Å². The van der Waals surface area contributed by atoms with Crippen LogP contribution in [0.4, 0.5) is 8.78 Å². The molecule has 2 N–H and O–H groups in total. The molecular formula is C11H13F2NO. The van der Waals surface area contributed by atoms with E-state index in [2.05, 4.69) is 4.74 Å². The molecule has 15 heavy (non-hydrogen) atoms. The van der Waals surface area contributed by atoms with Crippen LogP contribution in [0.25, 0.3) is 6.08 Å². The van der Waals surface area contributed by atoms with E-state index in [0.29, 0.717) is 6.54 Å². The highest BCUT2D eigenvalue weighted by atomic mass is 19.3. The van der Waals surface area contributed by atoms with Gasteiger partial charge in [-0.25, -0.2) is 0 Å². The van der Waals surface area contributed by atoms with E-state index in [1.807, 2.05) is 12.2 Å². The summed E-state index contributed by atoms with van der Waals surface area (Å²) < 4.78 is 27.9.